The van der Waals surface area contributed by atoms with Crippen LogP contribution >= 0.6 is 15.9 Å². The Balaban J connectivity index is 2.12. The van der Waals surface area contributed by atoms with Gasteiger partial charge in [-0.2, -0.15) is 5.10 Å². The number of rotatable bonds is 4. The predicted molar refractivity (Wildman–Crippen MR) is 76.1 cm³/mol. The minimum absolute atomic E-state index is 0.0770. The highest BCUT2D eigenvalue weighted by Crippen LogP contribution is 2.24. The van der Waals surface area contributed by atoms with E-state index in [1.165, 1.54) is 12.1 Å². The number of benzene rings is 1. The fourth-order valence-corrected chi connectivity index (χ4v) is 2.26. The van der Waals surface area contributed by atoms with Crippen LogP contribution in [0.25, 0.3) is 0 Å². The van der Waals surface area contributed by atoms with Crippen LogP contribution in [-0.4, -0.2) is 14.7 Å². The van der Waals surface area contributed by atoms with Gasteiger partial charge in [0, 0.05) is 36.4 Å². The molecule has 0 aliphatic heterocycles. The van der Waals surface area contributed by atoms with Crippen molar-refractivity contribution in [3.63, 3.8) is 0 Å². The molecular weight excluding hydrogens is 312 g/mol. The van der Waals surface area contributed by atoms with Crippen molar-refractivity contribution in [2.75, 3.05) is 5.32 Å². The number of anilines is 1. The number of nitrogens with zero attached hydrogens (tertiary/aromatic N) is 3. The van der Waals surface area contributed by atoms with Crippen molar-refractivity contribution < 1.29 is 4.92 Å². The van der Waals surface area contributed by atoms with E-state index in [0.29, 0.717) is 6.54 Å². The number of nitro groups is 1. The first-order chi connectivity index (χ1) is 8.97. The molecule has 100 valence electrons. The summed E-state index contributed by atoms with van der Waals surface area (Å²) in [5.74, 6) is 0. The topological polar surface area (TPSA) is 73.0 Å². The molecule has 0 amide bonds. The summed E-state index contributed by atoms with van der Waals surface area (Å²) < 4.78 is 2.46. The number of hydrogen-bond donors (Lipinski definition) is 1. The molecule has 0 saturated heterocycles. The van der Waals surface area contributed by atoms with E-state index in [1.54, 1.807) is 10.7 Å². The second-order valence-corrected chi connectivity index (χ2v) is 5.04. The van der Waals surface area contributed by atoms with Gasteiger partial charge < -0.3 is 5.32 Å². The van der Waals surface area contributed by atoms with Gasteiger partial charge in [-0.3, -0.25) is 14.8 Å². The van der Waals surface area contributed by atoms with Gasteiger partial charge in [0.05, 0.1) is 16.3 Å². The van der Waals surface area contributed by atoms with Crippen molar-refractivity contribution in [1.82, 2.24) is 9.78 Å². The molecule has 0 unspecified atom stereocenters. The Hall–Kier alpha value is -1.89. The molecule has 6 nitrogen and oxygen atoms in total. The van der Waals surface area contributed by atoms with E-state index >= 15 is 0 Å². The molecule has 2 rings (SSSR count). The van der Waals surface area contributed by atoms with Crippen molar-refractivity contribution in [2.45, 2.75) is 13.5 Å². The van der Waals surface area contributed by atoms with Crippen molar-refractivity contribution in [3.05, 3.63) is 50.2 Å². The summed E-state index contributed by atoms with van der Waals surface area (Å²) in [6.45, 7) is 2.50. The lowest BCUT2D eigenvalue weighted by molar-refractivity contribution is -0.384. The molecule has 0 atom stereocenters. The number of non-ortho nitro benzene ring substituents is 1. The van der Waals surface area contributed by atoms with Crippen LogP contribution in [0, 0.1) is 17.0 Å². The highest BCUT2D eigenvalue weighted by Gasteiger charge is 2.09. The molecule has 1 N–H and O–H groups in total. The zero-order valence-corrected chi connectivity index (χ0v) is 12.1. The van der Waals surface area contributed by atoms with Crippen LogP contribution in [0.2, 0.25) is 0 Å². The summed E-state index contributed by atoms with van der Waals surface area (Å²) in [7, 11) is 1.86. The van der Waals surface area contributed by atoms with Crippen LogP contribution in [0.15, 0.2) is 28.9 Å². The van der Waals surface area contributed by atoms with Crippen LogP contribution in [-0.2, 0) is 13.6 Å². The van der Waals surface area contributed by atoms with Gasteiger partial charge in [-0.05, 0) is 18.6 Å². The Morgan fingerprint density at radius 2 is 2.26 bits per heavy atom. The Labute approximate surface area is 118 Å². The lowest BCUT2D eigenvalue weighted by Gasteiger charge is -2.07. The first-order valence-electron chi connectivity index (χ1n) is 5.64. The maximum absolute atomic E-state index is 10.6. The van der Waals surface area contributed by atoms with Crippen molar-refractivity contribution in [1.29, 1.82) is 0 Å². The van der Waals surface area contributed by atoms with Gasteiger partial charge in [0.15, 0.2) is 0 Å². The third-order valence-corrected chi connectivity index (χ3v) is 3.47. The van der Waals surface area contributed by atoms with Crippen LogP contribution in [0.1, 0.15) is 11.3 Å². The molecule has 0 bridgehead atoms. The zero-order valence-electron chi connectivity index (χ0n) is 10.6. The van der Waals surface area contributed by atoms with Gasteiger partial charge in [0.1, 0.15) is 0 Å². The number of hydrogen-bond acceptors (Lipinski definition) is 4. The van der Waals surface area contributed by atoms with Crippen LogP contribution in [0.4, 0.5) is 11.4 Å². The van der Waals surface area contributed by atoms with E-state index in [4.69, 9.17) is 0 Å². The Bertz CT molecular complexity index is 624. The smallest absolute Gasteiger partial charge is 0.270 e. The Kier molecular flexibility index (Phi) is 3.84. The molecule has 0 aliphatic carbocycles. The van der Waals surface area contributed by atoms with Crippen molar-refractivity contribution in [3.8, 4) is 0 Å². The second-order valence-electron chi connectivity index (χ2n) is 4.19. The maximum Gasteiger partial charge on any atom is 0.270 e. The third-order valence-electron chi connectivity index (χ3n) is 2.73. The number of nitrogens with one attached hydrogen (secondary N) is 1. The fraction of sp³-hybridized carbons (Fsp3) is 0.250. The molecule has 0 fully saturated rings. The van der Waals surface area contributed by atoms with E-state index < -0.39 is 4.92 Å². The van der Waals surface area contributed by atoms with Gasteiger partial charge in [-0.1, -0.05) is 15.9 Å². The van der Waals surface area contributed by atoms with E-state index in [0.717, 1.165) is 21.4 Å². The van der Waals surface area contributed by atoms with E-state index in [2.05, 4.69) is 26.3 Å². The van der Waals surface area contributed by atoms with Crippen LogP contribution < -0.4 is 5.32 Å². The lowest BCUT2D eigenvalue weighted by Crippen LogP contribution is -2.01. The first kappa shape index (κ1) is 13.5. The second kappa shape index (κ2) is 5.40. The molecule has 0 radical (unpaired) electrons. The van der Waals surface area contributed by atoms with Gasteiger partial charge in [-0.15, -0.1) is 0 Å². The van der Waals surface area contributed by atoms with Crippen molar-refractivity contribution >= 4 is 27.3 Å². The molecular formula is C12H13BrN4O2. The van der Waals surface area contributed by atoms with E-state index in [1.807, 2.05) is 20.2 Å². The van der Waals surface area contributed by atoms with Crippen LogP contribution in [0.5, 0.6) is 0 Å². The molecule has 1 aromatic carbocycles. The summed E-state index contributed by atoms with van der Waals surface area (Å²) in [5, 5.41) is 18.1. The summed E-state index contributed by atoms with van der Waals surface area (Å²) >= 11 is 3.35. The quantitative estimate of drug-likeness (QED) is 0.693. The highest BCUT2D eigenvalue weighted by molar-refractivity contribution is 9.10. The van der Waals surface area contributed by atoms with Gasteiger partial charge in [-0.25, -0.2) is 0 Å². The van der Waals surface area contributed by atoms with Gasteiger partial charge in [0.2, 0.25) is 0 Å². The SMILES string of the molecule is Cc1nn(C)cc1NCc1ccc([N+](=O)[O-])cc1Br. The zero-order chi connectivity index (χ0) is 14.0. The van der Waals surface area contributed by atoms with Crippen molar-refractivity contribution in [2.24, 2.45) is 7.05 Å². The third kappa shape index (κ3) is 3.11. The summed E-state index contributed by atoms with van der Waals surface area (Å²) in [6, 6.07) is 4.74. The number of halogens is 1. The van der Waals surface area contributed by atoms with Gasteiger partial charge >= 0.3 is 0 Å². The summed E-state index contributed by atoms with van der Waals surface area (Å²) in [5.41, 5.74) is 2.90. The molecule has 7 heteroatoms. The average molecular weight is 325 g/mol. The number of aryl methyl sites for hydroxylation is 2. The molecule has 0 spiro atoms. The monoisotopic (exact) mass is 324 g/mol. The normalized spacial score (nSPS) is 10.5. The largest absolute Gasteiger partial charge is 0.378 e. The van der Waals surface area contributed by atoms with E-state index in [9.17, 15) is 10.1 Å². The molecule has 1 heterocycles. The summed E-state index contributed by atoms with van der Waals surface area (Å²) in [6.07, 6.45) is 1.90. The lowest BCUT2D eigenvalue weighted by atomic mass is 10.2. The minimum atomic E-state index is -0.409. The van der Waals surface area contributed by atoms with Crippen LogP contribution in [0.3, 0.4) is 0 Å². The average Bonchev–Trinajstić information content (AvgIpc) is 2.66. The Morgan fingerprint density at radius 1 is 1.53 bits per heavy atom. The predicted octanol–water partition coefficient (Wildman–Crippen LogP) is 3.01. The maximum atomic E-state index is 10.6. The molecule has 0 aliphatic rings. The fourth-order valence-electron chi connectivity index (χ4n) is 1.76. The molecule has 2 aromatic rings. The molecule has 19 heavy (non-hydrogen) atoms. The first-order valence-corrected chi connectivity index (χ1v) is 6.43. The highest BCUT2D eigenvalue weighted by atomic mass is 79.9. The standard InChI is InChI=1S/C12H13BrN4O2/c1-8-12(7-16(2)15-8)14-6-9-3-4-10(17(18)19)5-11(9)13/h3-5,7,14H,6H2,1-2H3. The molecule has 0 saturated carbocycles. The number of nitro benzene ring substituents is 1. The Morgan fingerprint density at radius 3 is 2.79 bits per heavy atom. The number of aromatic nitrogens is 2. The van der Waals surface area contributed by atoms with E-state index in [-0.39, 0.29) is 5.69 Å². The molecule has 1 aromatic heterocycles. The minimum Gasteiger partial charge on any atom is -0.378 e. The van der Waals surface area contributed by atoms with Gasteiger partial charge in [0.25, 0.3) is 5.69 Å². The summed E-state index contributed by atoms with van der Waals surface area (Å²) in [4.78, 5) is 10.2.